The highest BCUT2D eigenvalue weighted by atomic mass is 32.2. The number of ether oxygens (including phenoxy) is 1. The van der Waals surface area contributed by atoms with Crippen LogP contribution in [0.1, 0.15) is 34.1 Å². The number of phenolic OH excluding ortho intramolecular Hbond substituents is 1. The molecule has 1 heterocycles. The number of para-hydroxylation sites is 2. The number of carbonyl (C=O) groups is 1. The molecular weight excluding hydrogens is 518 g/mol. The van der Waals surface area contributed by atoms with Crippen LogP contribution in [0.5, 0.6) is 11.5 Å². The number of hydrogen-bond acceptors (Lipinski definition) is 8. The van der Waals surface area contributed by atoms with Gasteiger partial charge in [-0.2, -0.15) is 0 Å². The van der Waals surface area contributed by atoms with Gasteiger partial charge < -0.3 is 20.5 Å². The van der Waals surface area contributed by atoms with Crippen molar-refractivity contribution < 1.29 is 23.1 Å². The Bertz CT molecular complexity index is 1570. The van der Waals surface area contributed by atoms with Crippen LogP contribution >= 0.6 is 0 Å². The third-order valence-electron chi connectivity index (χ3n) is 5.57. The van der Waals surface area contributed by atoms with Crippen molar-refractivity contribution in [3.63, 3.8) is 0 Å². The van der Waals surface area contributed by atoms with Crippen LogP contribution in [0, 0.1) is 5.92 Å². The molecule has 0 bridgehead atoms. The van der Waals surface area contributed by atoms with E-state index in [1.807, 2.05) is 13.8 Å². The zero-order chi connectivity index (χ0) is 27.3. The first kappa shape index (κ1) is 29.2. The molecule has 0 spiro atoms. The molecule has 4 aromatic rings. The van der Waals surface area contributed by atoms with E-state index in [-0.39, 0.29) is 35.6 Å². The van der Waals surface area contributed by atoms with E-state index in [0.29, 0.717) is 40.5 Å². The summed E-state index contributed by atoms with van der Waals surface area (Å²) in [6.45, 7) is 4.06. The minimum atomic E-state index is -4.12. The molecule has 10 nitrogen and oxygen atoms in total. The van der Waals surface area contributed by atoms with Gasteiger partial charge >= 0.3 is 0 Å². The Morgan fingerprint density at radius 1 is 0.949 bits per heavy atom. The van der Waals surface area contributed by atoms with Gasteiger partial charge in [-0.05, 0) is 42.7 Å². The van der Waals surface area contributed by atoms with E-state index in [9.17, 15) is 18.3 Å². The zero-order valence-electron chi connectivity index (χ0n) is 21.2. The van der Waals surface area contributed by atoms with Crippen molar-refractivity contribution in [2.75, 3.05) is 22.5 Å². The maximum atomic E-state index is 13.4. The Morgan fingerprint density at radius 2 is 1.64 bits per heavy atom. The molecule has 0 saturated carbocycles. The quantitative estimate of drug-likeness (QED) is 0.191. The second-order valence-electron chi connectivity index (χ2n) is 9.07. The van der Waals surface area contributed by atoms with Crippen LogP contribution in [0.25, 0.3) is 11.0 Å². The number of nitrogens with one attached hydrogen (secondary N) is 3. The largest absolute Gasteiger partial charge is 0.508 e. The van der Waals surface area contributed by atoms with Crippen molar-refractivity contribution in [1.29, 1.82) is 0 Å². The van der Waals surface area contributed by atoms with E-state index in [0.717, 1.165) is 6.42 Å². The van der Waals surface area contributed by atoms with Crippen LogP contribution in [-0.4, -0.2) is 36.5 Å². The topological polar surface area (TPSA) is 143 Å². The van der Waals surface area contributed by atoms with Crippen LogP contribution < -0.4 is 20.1 Å². The molecule has 1 amide bonds. The minimum Gasteiger partial charge on any atom is -0.508 e. The first-order valence-corrected chi connectivity index (χ1v) is 13.5. The molecule has 0 aliphatic heterocycles. The van der Waals surface area contributed by atoms with Gasteiger partial charge in [0.1, 0.15) is 11.5 Å². The number of rotatable bonds is 10. The molecule has 0 fully saturated rings. The van der Waals surface area contributed by atoms with Crippen molar-refractivity contribution >= 4 is 50.0 Å². The number of methoxy groups -OCH3 is 1. The minimum absolute atomic E-state index is 0. The average molecular weight is 552 g/mol. The van der Waals surface area contributed by atoms with Gasteiger partial charge in [0.25, 0.3) is 10.0 Å². The van der Waals surface area contributed by atoms with Crippen molar-refractivity contribution in [1.82, 2.24) is 9.97 Å². The fraction of sp³-hybridized carbons (Fsp3) is 0.250. The van der Waals surface area contributed by atoms with E-state index in [1.165, 1.54) is 31.4 Å². The molecule has 206 valence electrons. The molecule has 4 rings (SSSR count). The predicted molar refractivity (Wildman–Crippen MR) is 154 cm³/mol. The molecule has 4 N–H and O–H groups in total. The number of amides is 1. The summed E-state index contributed by atoms with van der Waals surface area (Å²) in [5.74, 6) is 0.624. The van der Waals surface area contributed by atoms with Gasteiger partial charge in [-0.1, -0.05) is 39.5 Å². The first-order valence-electron chi connectivity index (χ1n) is 12.0. The van der Waals surface area contributed by atoms with E-state index in [4.69, 9.17) is 4.74 Å². The summed E-state index contributed by atoms with van der Waals surface area (Å²) >= 11 is 0. The lowest BCUT2D eigenvalue weighted by atomic mass is 10.1. The summed E-state index contributed by atoms with van der Waals surface area (Å²) in [5, 5.41) is 15.8. The van der Waals surface area contributed by atoms with Gasteiger partial charge in [-0.15, -0.1) is 0 Å². The maximum Gasteiger partial charge on any atom is 0.263 e. The monoisotopic (exact) mass is 551 g/mol. The second-order valence-corrected chi connectivity index (χ2v) is 10.8. The highest BCUT2D eigenvalue weighted by molar-refractivity contribution is 7.92. The van der Waals surface area contributed by atoms with Crippen molar-refractivity contribution in [2.45, 2.75) is 39.0 Å². The Balaban J connectivity index is 0.00000420. The van der Waals surface area contributed by atoms with Crippen LogP contribution in [0.3, 0.4) is 0 Å². The summed E-state index contributed by atoms with van der Waals surface area (Å²) < 4.78 is 34.5. The van der Waals surface area contributed by atoms with Gasteiger partial charge in [0.05, 0.1) is 23.0 Å². The van der Waals surface area contributed by atoms with Crippen LogP contribution in [0.2, 0.25) is 0 Å². The van der Waals surface area contributed by atoms with Crippen LogP contribution in [0.4, 0.5) is 23.0 Å². The van der Waals surface area contributed by atoms with Gasteiger partial charge in [-0.3, -0.25) is 9.52 Å². The standard InChI is InChI=1S/C27H29N5O5S.CH4/c1-17(2)11-12-25(34)28-18-7-6-8-22(15-18)38(35,36)32-27-26(30-23-9-4-5-10-24(23)31-27)29-19-13-20(33)16-21(14-19)37-3;/h4-10,13-17,33H,11-12H2,1-3H3,(H,28,34)(H,29,30)(H,31,32);1H4. The summed E-state index contributed by atoms with van der Waals surface area (Å²) in [4.78, 5) is 21.2. The second kappa shape index (κ2) is 12.4. The number of aromatic hydroxyl groups is 1. The third kappa shape index (κ3) is 7.57. The van der Waals surface area contributed by atoms with E-state index < -0.39 is 10.0 Å². The molecule has 0 atom stereocenters. The molecule has 0 aliphatic rings. The van der Waals surface area contributed by atoms with E-state index in [1.54, 1.807) is 42.5 Å². The molecule has 39 heavy (non-hydrogen) atoms. The van der Waals surface area contributed by atoms with Crippen molar-refractivity contribution in [2.24, 2.45) is 5.92 Å². The SMILES string of the molecule is C.COc1cc(O)cc(Nc2nc3ccccc3nc2NS(=O)(=O)c2cccc(NC(=O)CCC(C)C)c2)c1. The Morgan fingerprint density at radius 3 is 2.31 bits per heavy atom. The lowest BCUT2D eigenvalue weighted by molar-refractivity contribution is -0.116. The van der Waals surface area contributed by atoms with Gasteiger partial charge in [0.15, 0.2) is 11.6 Å². The molecule has 0 unspecified atom stereocenters. The highest BCUT2D eigenvalue weighted by Crippen LogP contribution is 2.31. The van der Waals surface area contributed by atoms with Crippen LogP contribution in [-0.2, 0) is 14.8 Å². The number of sulfonamides is 1. The summed E-state index contributed by atoms with van der Waals surface area (Å²) in [6.07, 6.45) is 1.07. The highest BCUT2D eigenvalue weighted by Gasteiger charge is 2.20. The number of nitrogens with zero attached hydrogens (tertiary/aromatic N) is 2. The summed E-state index contributed by atoms with van der Waals surface area (Å²) in [7, 11) is -2.65. The molecular formula is C28H33N5O5S. The van der Waals surface area contributed by atoms with Crippen molar-refractivity contribution in [3.8, 4) is 11.5 Å². The smallest absolute Gasteiger partial charge is 0.263 e. The van der Waals surface area contributed by atoms with Gasteiger partial charge in [0.2, 0.25) is 5.91 Å². The Labute approximate surface area is 228 Å². The molecule has 0 radical (unpaired) electrons. The lowest BCUT2D eigenvalue weighted by Crippen LogP contribution is -2.17. The number of anilines is 4. The van der Waals surface area contributed by atoms with E-state index in [2.05, 4.69) is 25.3 Å². The molecule has 3 aromatic carbocycles. The summed E-state index contributed by atoms with van der Waals surface area (Å²) in [5.41, 5.74) is 1.81. The number of phenols is 1. The lowest BCUT2D eigenvalue weighted by Gasteiger charge is -2.15. The fourth-order valence-electron chi connectivity index (χ4n) is 3.64. The fourth-order valence-corrected chi connectivity index (χ4v) is 4.69. The zero-order valence-corrected chi connectivity index (χ0v) is 22.0. The molecule has 11 heteroatoms. The number of fused-ring (bicyclic) bond motifs is 1. The number of aromatic nitrogens is 2. The molecule has 1 aromatic heterocycles. The first-order chi connectivity index (χ1) is 18.1. The average Bonchev–Trinajstić information content (AvgIpc) is 2.87. The van der Waals surface area contributed by atoms with E-state index >= 15 is 0 Å². The summed E-state index contributed by atoms with van der Waals surface area (Å²) in [6, 6.07) is 17.5. The molecule has 0 saturated heterocycles. The Kier molecular flexibility index (Phi) is 9.31. The maximum absolute atomic E-state index is 13.4. The normalized spacial score (nSPS) is 11.1. The molecule has 0 aliphatic carbocycles. The van der Waals surface area contributed by atoms with Gasteiger partial charge in [-0.25, -0.2) is 18.4 Å². The van der Waals surface area contributed by atoms with Crippen molar-refractivity contribution in [3.05, 3.63) is 66.7 Å². The van der Waals surface area contributed by atoms with Gasteiger partial charge in [0, 0.05) is 36.0 Å². The number of hydrogen-bond donors (Lipinski definition) is 4. The number of carbonyl (C=O) groups excluding carboxylic acids is 1. The predicted octanol–water partition coefficient (Wildman–Crippen LogP) is 5.90. The number of benzene rings is 3. The third-order valence-corrected chi connectivity index (χ3v) is 6.90. The Hall–Kier alpha value is -4.38. The van der Waals surface area contributed by atoms with Crippen LogP contribution in [0.15, 0.2) is 71.6 Å².